The number of carbonyl (C=O) groups is 1. The van der Waals surface area contributed by atoms with Gasteiger partial charge in [-0.25, -0.2) is 0 Å². The van der Waals surface area contributed by atoms with Gasteiger partial charge in [-0.2, -0.15) is 0 Å². The lowest BCUT2D eigenvalue weighted by Gasteiger charge is -2.25. The molecule has 1 rings (SSSR count). The van der Waals surface area contributed by atoms with Crippen LogP contribution >= 0.6 is 11.8 Å². The van der Waals surface area contributed by atoms with Crippen LogP contribution in [0.2, 0.25) is 0 Å². The SMILES string of the molecule is CC(CCN)SC(C)C(=O)NC1CCCCC1. The van der Waals surface area contributed by atoms with E-state index >= 15 is 0 Å². The predicted molar refractivity (Wildman–Crippen MR) is 75.2 cm³/mol. The Morgan fingerprint density at radius 2 is 2.00 bits per heavy atom. The highest BCUT2D eigenvalue weighted by molar-refractivity contribution is 8.01. The van der Waals surface area contributed by atoms with Crippen LogP contribution in [0.3, 0.4) is 0 Å². The number of thioether (sulfide) groups is 1. The Hall–Kier alpha value is -0.220. The zero-order valence-electron chi connectivity index (χ0n) is 11.1. The van der Waals surface area contributed by atoms with Crippen LogP contribution in [0.4, 0.5) is 0 Å². The number of hydrogen-bond acceptors (Lipinski definition) is 3. The van der Waals surface area contributed by atoms with Gasteiger partial charge in [-0.3, -0.25) is 4.79 Å². The Morgan fingerprint density at radius 3 is 2.59 bits per heavy atom. The second kappa shape index (κ2) is 7.98. The van der Waals surface area contributed by atoms with E-state index < -0.39 is 0 Å². The van der Waals surface area contributed by atoms with E-state index in [9.17, 15) is 4.79 Å². The van der Waals surface area contributed by atoms with Gasteiger partial charge in [0.15, 0.2) is 0 Å². The number of nitrogens with one attached hydrogen (secondary N) is 1. The van der Waals surface area contributed by atoms with Crippen LogP contribution in [-0.2, 0) is 4.79 Å². The van der Waals surface area contributed by atoms with Crippen LogP contribution in [0, 0.1) is 0 Å². The Morgan fingerprint density at radius 1 is 1.35 bits per heavy atom. The van der Waals surface area contributed by atoms with Gasteiger partial charge in [0, 0.05) is 11.3 Å². The molecule has 3 N–H and O–H groups in total. The minimum atomic E-state index is 0.0403. The molecule has 100 valence electrons. The molecule has 1 saturated carbocycles. The summed E-state index contributed by atoms with van der Waals surface area (Å²) in [5.74, 6) is 0.200. The summed E-state index contributed by atoms with van der Waals surface area (Å²) in [5.41, 5.74) is 5.52. The normalized spacial score (nSPS) is 20.9. The highest BCUT2D eigenvalue weighted by Crippen LogP contribution is 2.21. The molecule has 0 aromatic heterocycles. The number of amides is 1. The fraction of sp³-hybridized carbons (Fsp3) is 0.923. The van der Waals surface area contributed by atoms with E-state index in [4.69, 9.17) is 5.73 Å². The van der Waals surface area contributed by atoms with Gasteiger partial charge in [-0.05, 0) is 32.7 Å². The lowest BCUT2D eigenvalue weighted by molar-refractivity contribution is -0.121. The number of carbonyl (C=O) groups excluding carboxylic acids is 1. The average Bonchev–Trinajstić information content (AvgIpc) is 2.30. The van der Waals surface area contributed by atoms with Gasteiger partial charge in [-0.1, -0.05) is 26.2 Å². The van der Waals surface area contributed by atoms with Crippen LogP contribution < -0.4 is 11.1 Å². The summed E-state index contributed by atoms with van der Waals surface area (Å²) in [4.78, 5) is 12.0. The Labute approximate surface area is 109 Å². The molecule has 0 aromatic carbocycles. The quantitative estimate of drug-likeness (QED) is 0.768. The first-order valence-electron chi connectivity index (χ1n) is 6.79. The molecule has 2 unspecified atom stereocenters. The first kappa shape index (κ1) is 14.8. The minimum absolute atomic E-state index is 0.0403. The summed E-state index contributed by atoms with van der Waals surface area (Å²) in [7, 11) is 0. The van der Waals surface area contributed by atoms with Gasteiger partial charge in [0.1, 0.15) is 0 Å². The lowest BCUT2D eigenvalue weighted by Crippen LogP contribution is -2.40. The monoisotopic (exact) mass is 258 g/mol. The van der Waals surface area contributed by atoms with Gasteiger partial charge in [0.25, 0.3) is 0 Å². The van der Waals surface area contributed by atoms with Gasteiger partial charge >= 0.3 is 0 Å². The first-order chi connectivity index (χ1) is 8.13. The molecule has 1 aliphatic rings. The smallest absolute Gasteiger partial charge is 0.233 e. The standard InChI is InChI=1S/C13H26N2OS/c1-10(8-9-14)17-11(2)13(16)15-12-6-4-3-5-7-12/h10-12H,3-9,14H2,1-2H3,(H,15,16). The summed E-state index contributed by atoms with van der Waals surface area (Å²) in [6.07, 6.45) is 7.13. The molecule has 3 nitrogen and oxygen atoms in total. The van der Waals surface area contributed by atoms with Crippen molar-refractivity contribution in [1.82, 2.24) is 5.32 Å². The molecular weight excluding hydrogens is 232 g/mol. The van der Waals surface area contributed by atoms with E-state index in [1.807, 2.05) is 6.92 Å². The molecule has 0 aliphatic heterocycles. The van der Waals surface area contributed by atoms with Gasteiger partial charge in [0.05, 0.1) is 5.25 Å². The molecule has 0 aromatic rings. The summed E-state index contributed by atoms with van der Waals surface area (Å²) in [6, 6.07) is 0.420. The lowest BCUT2D eigenvalue weighted by atomic mass is 9.95. The van der Waals surface area contributed by atoms with Gasteiger partial charge in [-0.15, -0.1) is 11.8 Å². The molecule has 0 spiro atoms. The van der Waals surface area contributed by atoms with Crippen molar-refractivity contribution in [3.05, 3.63) is 0 Å². The molecule has 0 heterocycles. The highest BCUT2D eigenvalue weighted by Gasteiger charge is 2.21. The molecule has 0 saturated heterocycles. The van der Waals surface area contributed by atoms with Crippen molar-refractivity contribution in [3.63, 3.8) is 0 Å². The van der Waals surface area contributed by atoms with Crippen molar-refractivity contribution in [2.45, 2.75) is 68.9 Å². The molecule has 17 heavy (non-hydrogen) atoms. The van der Waals surface area contributed by atoms with Crippen molar-refractivity contribution < 1.29 is 4.79 Å². The zero-order valence-corrected chi connectivity index (χ0v) is 11.9. The molecule has 1 fully saturated rings. The van der Waals surface area contributed by atoms with E-state index in [2.05, 4.69) is 12.2 Å². The van der Waals surface area contributed by atoms with Crippen molar-refractivity contribution >= 4 is 17.7 Å². The second-order valence-corrected chi connectivity index (χ2v) is 6.79. The van der Waals surface area contributed by atoms with Crippen LogP contribution in [0.15, 0.2) is 0 Å². The summed E-state index contributed by atoms with van der Waals surface area (Å²) < 4.78 is 0. The summed E-state index contributed by atoms with van der Waals surface area (Å²) in [6.45, 7) is 4.84. The minimum Gasteiger partial charge on any atom is -0.352 e. The van der Waals surface area contributed by atoms with Crippen molar-refractivity contribution in [2.75, 3.05) is 6.54 Å². The molecule has 4 heteroatoms. The van der Waals surface area contributed by atoms with Crippen LogP contribution in [0.25, 0.3) is 0 Å². The molecule has 0 radical (unpaired) electrons. The predicted octanol–water partition coefficient (Wildman–Crippen LogP) is 2.29. The number of hydrogen-bond donors (Lipinski definition) is 2. The number of nitrogens with two attached hydrogens (primary N) is 1. The number of rotatable bonds is 6. The second-order valence-electron chi connectivity index (χ2n) is 5.01. The Bertz CT molecular complexity index is 229. The fourth-order valence-corrected chi connectivity index (χ4v) is 3.44. The highest BCUT2D eigenvalue weighted by atomic mass is 32.2. The Kier molecular flexibility index (Phi) is 6.97. The zero-order chi connectivity index (χ0) is 12.7. The van der Waals surface area contributed by atoms with Crippen LogP contribution in [0.1, 0.15) is 52.4 Å². The molecule has 0 bridgehead atoms. The topological polar surface area (TPSA) is 55.1 Å². The van der Waals surface area contributed by atoms with Gasteiger partial charge in [0.2, 0.25) is 5.91 Å². The first-order valence-corrected chi connectivity index (χ1v) is 7.73. The molecule has 2 atom stereocenters. The van der Waals surface area contributed by atoms with E-state index in [1.165, 1.54) is 19.3 Å². The average molecular weight is 258 g/mol. The van der Waals surface area contributed by atoms with Crippen molar-refractivity contribution in [3.8, 4) is 0 Å². The van der Waals surface area contributed by atoms with E-state index in [0.29, 0.717) is 17.8 Å². The van der Waals surface area contributed by atoms with Crippen molar-refractivity contribution in [1.29, 1.82) is 0 Å². The third-order valence-corrected chi connectivity index (χ3v) is 4.65. The largest absolute Gasteiger partial charge is 0.352 e. The fourth-order valence-electron chi connectivity index (χ4n) is 2.28. The van der Waals surface area contributed by atoms with E-state index in [1.54, 1.807) is 11.8 Å². The summed E-state index contributed by atoms with van der Waals surface area (Å²) in [5, 5.41) is 3.68. The molecular formula is C13H26N2OS. The van der Waals surface area contributed by atoms with E-state index in [0.717, 1.165) is 19.3 Å². The third-order valence-electron chi connectivity index (χ3n) is 3.33. The molecule has 1 amide bonds. The maximum absolute atomic E-state index is 12.0. The van der Waals surface area contributed by atoms with Crippen molar-refractivity contribution in [2.24, 2.45) is 5.73 Å². The molecule has 1 aliphatic carbocycles. The summed E-state index contributed by atoms with van der Waals surface area (Å²) >= 11 is 1.73. The van der Waals surface area contributed by atoms with Gasteiger partial charge < -0.3 is 11.1 Å². The van der Waals surface area contributed by atoms with E-state index in [-0.39, 0.29) is 11.2 Å². The van der Waals surface area contributed by atoms with Crippen LogP contribution in [0.5, 0.6) is 0 Å². The maximum atomic E-state index is 12.0. The maximum Gasteiger partial charge on any atom is 0.233 e. The van der Waals surface area contributed by atoms with Crippen LogP contribution in [-0.4, -0.2) is 29.0 Å². The Balaban J connectivity index is 2.25. The third kappa shape index (κ3) is 5.77.